The van der Waals surface area contributed by atoms with E-state index in [9.17, 15) is 0 Å². The van der Waals surface area contributed by atoms with E-state index in [1.54, 1.807) is 11.6 Å². The molecule has 132 valence electrons. The second kappa shape index (κ2) is 6.80. The van der Waals surface area contributed by atoms with Crippen LogP contribution in [0.25, 0.3) is 5.78 Å². The summed E-state index contributed by atoms with van der Waals surface area (Å²) in [6.07, 6.45) is 1.51. The van der Waals surface area contributed by atoms with E-state index in [1.165, 1.54) is 39.7 Å². The first-order valence-corrected chi connectivity index (χ1v) is 8.42. The Bertz CT molecular complexity index is 900. The maximum Gasteiger partial charge on any atom is 0.254 e. The van der Waals surface area contributed by atoms with Crippen LogP contribution in [0.1, 0.15) is 39.1 Å². The minimum Gasteiger partial charge on any atom is -0.378 e. The van der Waals surface area contributed by atoms with Crippen molar-refractivity contribution >= 4 is 11.6 Å². The minimum absolute atomic E-state index is 0.443. The van der Waals surface area contributed by atoms with Gasteiger partial charge >= 0.3 is 0 Å². The molecule has 3 aromatic rings. The zero-order valence-electron chi connectivity index (χ0n) is 15.8. The highest BCUT2D eigenvalue weighted by atomic mass is 16.5. The van der Waals surface area contributed by atoms with Gasteiger partial charge in [0.1, 0.15) is 12.1 Å². The van der Waals surface area contributed by atoms with Gasteiger partial charge in [0.25, 0.3) is 5.78 Å². The molecule has 0 aliphatic carbocycles. The summed E-state index contributed by atoms with van der Waals surface area (Å²) in [5.41, 5.74) is 8.95. The average Bonchev–Trinajstić information content (AvgIpc) is 3.07. The van der Waals surface area contributed by atoms with Crippen LogP contribution in [0.3, 0.4) is 0 Å². The number of hydrogen-bond acceptors (Lipinski definition) is 5. The molecule has 3 rings (SSSR count). The monoisotopic (exact) mass is 339 g/mol. The molecule has 0 radical (unpaired) electrons. The summed E-state index contributed by atoms with van der Waals surface area (Å²) in [5, 5.41) is 7.78. The van der Waals surface area contributed by atoms with E-state index in [-0.39, 0.29) is 0 Å². The average molecular weight is 339 g/mol. The number of nitrogens with one attached hydrogen (secondary N) is 1. The third-order valence-corrected chi connectivity index (χ3v) is 5.20. The molecule has 0 atom stereocenters. The fourth-order valence-electron chi connectivity index (χ4n) is 3.23. The van der Waals surface area contributed by atoms with Crippen molar-refractivity contribution in [3.63, 3.8) is 0 Å². The zero-order valence-corrected chi connectivity index (χ0v) is 15.8. The molecule has 0 spiro atoms. The quantitative estimate of drug-likeness (QED) is 0.771. The van der Waals surface area contributed by atoms with Crippen molar-refractivity contribution in [1.29, 1.82) is 0 Å². The smallest absolute Gasteiger partial charge is 0.254 e. The molecule has 0 saturated heterocycles. The number of methoxy groups -OCH3 is 1. The molecule has 25 heavy (non-hydrogen) atoms. The molecule has 0 fully saturated rings. The van der Waals surface area contributed by atoms with Gasteiger partial charge in [-0.25, -0.2) is 4.98 Å². The maximum atomic E-state index is 5.21. The van der Waals surface area contributed by atoms with Crippen LogP contribution >= 0.6 is 0 Å². The molecular formula is C19H25N5O. The fraction of sp³-hybridized carbons (Fsp3) is 0.421. The third-order valence-electron chi connectivity index (χ3n) is 5.20. The summed E-state index contributed by atoms with van der Waals surface area (Å²) in [6.45, 7) is 12.1. The van der Waals surface area contributed by atoms with Crippen molar-refractivity contribution < 1.29 is 4.74 Å². The molecule has 6 heteroatoms. The molecule has 2 aromatic heterocycles. The second-order valence-corrected chi connectivity index (χ2v) is 6.49. The Morgan fingerprint density at radius 2 is 1.64 bits per heavy atom. The van der Waals surface area contributed by atoms with Crippen molar-refractivity contribution in [2.24, 2.45) is 0 Å². The van der Waals surface area contributed by atoms with E-state index in [0.29, 0.717) is 12.4 Å². The summed E-state index contributed by atoms with van der Waals surface area (Å²) in [4.78, 5) is 8.64. The number of rotatable bonds is 5. The predicted molar refractivity (Wildman–Crippen MR) is 98.9 cm³/mol. The van der Waals surface area contributed by atoms with Gasteiger partial charge in [-0.2, -0.15) is 14.6 Å². The van der Waals surface area contributed by atoms with Gasteiger partial charge < -0.3 is 10.1 Å². The van der Waals surface area contributed by atoms with Crippen LogP contribution in [0, 0.1) is 34.6 Å². The first kappa shape index (κ1) is 17.4. The Morgan fingerprint density at radius 3 is 2.28 bits per heavy atom. The highest BCUT2D eigenvalue weighted by Gasteiger charge is 2.13. The number of benzene rings is 1. The number of fused-ring (bicyclic) bond motifs is 1. The van der Waals surface area contributed by atoms with Crippen LogP contribution in [0.4, 0.5) is 5.82 Å². The normalized spacial score (nSPS) is 11.3. The van der Waals surface area contributed by atoms with E-state index in [0.717, 1.165) is 18.1 Å². The van der Waals surface area contributed by atoms with E-state index < -0.39 is 0 Å². The number of aromatic nitrogens is 4. The summed E-state index contributed by atoms with van der Waals surface area (Å²) in [6, 6.07) is 1.96. The van der Waals surface area contributed by atoms with Gasteiger partial charge in [-0.3, -0.25) is 0 Å². The molecule has 1 aromatic carbocycles. The first-order valence-electron chi connectivity index (χ1n) is 8.42. The Balaban J connectivity index is 1.97. The van der Waals surface area contributed by atoms with Gasteiger partial charge in [-0.15, -0.1) is 0 Å². The van der Waals surface area contributed by atoms with Crippen molar-refractivity contribution in [3.05, 3.63) is 51.5 Å². The van der Waals surface area contributed by atoms with Crippen molar-refractivity contribution in [1.82, 2.24) is 19.6 Å². The summed E-state index contributed by atoms with van der Waals surface area (Å²) >= 11 is 0. The lowest BCUT2D eigenvalue weighted by Gasteiger charge is -2.19. The molecule has 0 aliphatic heterocycles. The van der Waals surface area contributed by atoms with Crippen molar-refractivity contribution in [2.45, 2.75) is 47.8 Å². The number of hydrogen-bond donors (Lipinski definition) is 1. The molecule has 0 unspecified atom stereocenters. The van der Waals surface area contributed by atoms with Gasteiger partial charge in [0, 0.05) is 19.7 Å². The lowest BCUT2D eigenvalue weighted by Crippen LogP contribution is -2.11. The van der Waals surface area contributed by atoms with Crippen molar-refractivity contribution in [3.8, 4) is 0 Å². The SMILES string of the molecule is COCc1cc(NCc2c(C)c(C)c(C)c(C)c2C)n2ncnc2n1. The standard InChI is InChI=1S/C19H25N5O/c1-11-12(2)14(4)17(15(5)13(11)3)8-20-18-7-16(9-25-6)23-19-21-10-22-24(18)19/h7,10,20H,8-9H2,1-6H3. The van der Waals surface area contributed by atoms with Gasteiger partial charge in [-0.1, -0.05) is 0 Å². The molecule has 1 N–H and O–H groups in total. The molecule has 0 amide bonds. The van der Waals surface area contributed by atoms with Gasteiger partial charge in [0.05, 0.1) is 12.3 Å². The zero-order chi connectivity index (χ0) is 18.1. The molecular weight excluding hydrogens is 314 g/mol. The van der Waals surface area contributed by atoms with Crippen LogP contribution < -0.4 is 5.32 Å². The van der Waals surface area contributed by atoms with Crippen LogP contribution in [0.15, 0.2) is 12.4 Å². The van der Waals surface area contributed by atoms with Gasteiger partial charge in [0.15, 0.2) is 0 Å². The number of anilines is 1. The lowest BCUT2D eigenvalue weighted by atomic mass is 9.89. The molecule has 6 nitrogen and oxygen atoms in total. The van der Waals surface area contributed by atoms with Crippen LogP contribution in [0.5, 0.6) is 0 Å². The van der Waals surface area contributed by atoms with E-state index in [2.05, 4.69) is 55.0 Å². The molecule has 0 bridgehead atoms. The fourth-order valence-corrected chi connectivity index (χ4v) is 3.23. The molecule has 2 heterocycles. The Kier molecular flexibility index (Phi) is 4.72. The van der Waals surface area contributed by atoms with E-state index in [4.69, 9.17) is 4.74 Å². The van der Waals surface area contributed by atoms with E-state index in [1.807, 2.05) is 6.07 Å². The van der Waals surface area contributed by atoms with Gasteiger partial charge in [-0.05, 0) is 68.0 Å². The first-order chi connectivity index (χ1) is 11.9. The van der Waals surface area contributed by atoms with Gasteiger partial charge in [0.2, 0.25) is 0 Å². The molecule has 0 aliphatic rings. The lowest BCUT2D eigenvalue weighted by molar-refractivity contribution is 0.181. The Labute approximate surface area is 148 Å². The van der Waals surface area contributed by atoms with Crippen LogP contribution in [-0.2, 0) is 17.9 Å². The highest BCUT2D eigenvalue weighted by molar-refractivity contribution is 5.52. The Hall–Kier alpha value is -2.47. The third kappa shape index (κ3) is 3.09. The Morgan fingerprint density at radius 1 is 1.00 bits per heavy atom. The minimum atomic E-state index is 0.443. The number of nitrogens with zero attached hydrogens (tertiary/aromatic N) is 4. The maximum absolute atomic E-state index is 5.21. The summed E-state index contributed by atoms with van der Waals surface area (Å²) in [7, 11) is 1.66. The van der Waals surface area contributed by atoms with Crippen LogP contribution in [-0.4, -0.2) is 26.7 Å². The predicted octanol–water partition coefficient (Wildman–Crippen LogP) is 3.42. The summed E-state index contributed by atoms with van der Waals surface area (Å²) in [5.74, 6) is 1.44. The molecule has 0 saturated carbocycles. The topological polar surface area (TPSA) is 64.3 Å². The largest absolute Gasteiger partial charge is 0.378 e. The summed E-state index contributed by atoms with van der Waals surface area (Å²) < 4.78 is 6.93. The second-order valence-electron chi connectivity index (χ2n) is 6.49. The van der Waals surface area contributed by atoms with E-state index >= 15 is 0 Å². The number of ether oxygens (including phenoxy) is 1. The van der Waals surface area contributed by atoms with Crippen molar-refractivity contribution in [2.75, 3.05) is 12.4 Å². The highest BCUT2D eigenvalue weighted by Crippen LogP contribution is 2.26. The van der Waals surface area contributed by atoms with Crippen LogP contribution in [0.2, 0.25) is 0 Å².